The fraction of sp³-hybridized carbons (Fsp3) is 0.450. The Kier molecular flexibility index (Phi) is 6.11. The number of carbonyl (C=O) groups excluding carboxylic acids is 2. The number of hydrogen-bond donors (Lipinski definition) is 1. The number of hydrogen-bond acceptors (Lipinski definition) is 6. The summed E-state index contributed by atoms with van der Waals surface area (Å²) < 4.78 is 16.1. The van der Waals surface area contributed by atoms with Crippen LogP contribution in [0.25, 0.3) is 11.0 Å². The molecule has 0 aliphatic rings. The Hall–Kier alpha value is -3.01. The maximum Gasteiger partial charge on any atom is 0.375 e. The lowest BCUT2D eigenvalue weighted by Gasteiger charge is -2.27. The number of esters is 1. The first-order valence-corrected chi connectivity index (χ1v) is 8.77. The smallest absolute Gasteiger partial charge is 0.375 e. The van der Waals surface area contributed by atoms with E-state index in [1.54, 1.807) is 32.0 Å². The van der Waals surface area contributed by atoms with Gasteiger partial charge in [0.15, 0.2) is 6.61 Å². The summed E-state index contributed by atoms with van der Waals surface area (Å²) in [7, 11) is 0. The molecule has 0 aliphatic heterocycles. The fourth-order valence-corrected chi connectivity index (χ4v) is 2.47. The zero-order valence-corrected chi connectivity index (χ0v) is 16.2. The van der Waals surface area contributed by atoms with Crippen LogP contribution in [-0.2, 0) is 9.53 Å². The van der Waals surface area contributed by atoms with Crippen LogP contribution in [0, 0.1) is 24.2 Å². The fourth-order valence-electron chi connectivity index (χ4n) is 2.47. The number of rotatable bonds is 7. The number of carbonyl (C=O) groups is 2. The van der Waals surface area contributed by atoms with Gasteiger partial charge >= 0.3 is 5.97 Å². The third-order valence-corrected chi connectivity index (χ3v) is 4.52. The zero-order chi connectivity index (χ0) is 20.2. The minimum atomic E-state index is -1.03. The van der Waals surface area contributed by atoms with Gasteiger partial charge in [0.25, 0.3) is 5.91 Å². The summed E-state index contributed by atoms with van der Waals surface area (Å²) in [5.74, 6) is -0.663. The van der Waals surface area contributed by atoms with E-state index in [4.69, 9.17) is 13.9 Å². The topological polar surface area (TPSA) is 102 Å². The molecule has 0 fully saturated rings. The van der Waals surface area contributed by atoms with Crippen LogP contribution in [0.4, 0.5) is 0 Å². The van der Waals surface area contributed by atoms with Gasteiger partial charge in [-0.25, -0.2) is 4.79 Å². The van der Waals surface area contributed by atoms with Crippen molar-refractivity contribution in [1.82, 2.24) is 5.32 Å². The van der Waals surface area contributed by atoms with Crippen molar-refractivity contribution in [2.24, 2.45) is 5.92 Å². The highest BCUT2D eigenvalue weighted by atomic mass is 16.5. The normalized spacial score (nSPS) is 13.1. The standard InChI is InChI=1S/C20H24N2O5/c1-6-25-14-7-8-16-15(9-14)13(4)18(27-16)19(24)26-10-17(23)22-20(5,11-21)12(2)3/h7-9,12H,6,10H2,1-5H3,(H,22,23). The average molecular weight is 372 g/mol. The first-order chi connectivity index (χ1) is 12.7. The number of amides is 1. The third-order valence-electron chi connectivity index (χ3n) is 4.52. The predicted octanol–water partition coefficient (Wildman–Crippen LogP) is 3.35. The van der Waals surface area contributed by atoms with E-state index in [0.717, 1.165) is 5.39 Å². The van der Waals surface area contributed by atoms with Crippen LogP contribution in [0.5, 0.6) is 5.75 Å². The summed E-state index contributed by atoms with van der Waals surface area (Å²) in [6.45, 7) is 8.93. The summed E-state index contributed by atoms with van der Waals surface area (Å²) in [6, 6.07) is 7.34. The second-order valence-electron chi connectivity index (χ2n) is 6.74. The molecule has 0 saturated carbocycles. The van der Waals surface area contributed by atoms with Gasteiger partial charge in [-0.15, -0.1) is 0 Å². The Morgan fingerprint density at radius 2 is 2.07 bits per heavy atom. The van der Waals surface area contributed by atoms with Gasteiger partial charge in [-0.1, -0.05) is 13.8 Å². The van der Waals surface area contributed by atoms with Crippen molar-refractivity contribution in [3.63, 3.8) is 0 Å². The molecule has 2 aromatic rings. The predicted molar refractivity (Wildman–Crippen MR) is 99.4 cm³/mol. The summed E-state index contributed by atoms with van der Waals surface area (Å²) in [6.07, 6.45) is 0. The summed E-state index contributed by atoms with van der Waals surface area (Å²) in [5.41, 5.74) is 0.110. The second kappa shape index (κ2) is 8.12. The van der Waals surface area contributed by atoms with E-state index >= 15 is 0 Å². The molecule has 1 aromatic carbocycles. The highest BCUT2D eigenvalue weighted by Gasteiger charge is 2.30. The molecule has 1 aromatic heterocycles. The van der Waals surface area contributed by atoms with Gasteiger partial charge in [0.2, 0.25) is 5.76 Å². The monoisotopic (exact) mass is 372 g/mol. The quantitative estimate of drug-likeness (QED) is 0.748. The van der Waals surface area contributed by atoms with Crippen molar-refractivity contribution in [2.75, 3.05) is 13.2 Å². The number of fused-ring (bicyclic) bond motifs is 1. The molecule has 0 radical (unpaired) electrons. The van der Waals surface area contributed by atoms with Crippen molar-refractivity contribution in [1.29, 1.82) is 5.26 Å². The Labute approximate surface area is 158 Å². The maximum absolute atomic E-state index is 12.3. The van der Waals surface area contributed by atoms with Gasteiger partial charge in [0.05, 0.1) is 12.7 Å². The van der Waals surface area contributed by atoms with E-state index in [1.807, 2.05) is 20.8 Å². The number of ether oxygens (including phenoxy) is 2. The number of nitrogens with zero attached hydrogens (tertiary/aromatic N) is 1. The molecule has 144 valence electrons. The van der Waals surface area contributed by atoms with Crippen LogP contribution >= 0.6 is 0 Å². The van der Waals surface area contributed by atoms with Gasteiger partial charge in [-0.2, -0.15) is 5.26 Å². The van der Waals surface area contributed by atoms with Gasteiger partial charge in [0, 0.05) is 10.9 Å². The van der Waals surface area contributed by atoms with Crippen LogP contribution < -0.4 is 10.1 Å². The lowest BCUT2D eigenvalue weighted by atomic mass is 9.90. The largest absolute Gasteiger partial charge is 0.494 e. The van der Waals surface area contributed by atoms with Crippen molar-refractivity contribution in [2.45, 2.75) is 40.2 Å². The molecule has 0 bridgehead atoms. The molecule has 7 nitrogen and oxygen atoms in total. The van der Waals surface area contributed by atoms with Gasteiger partial charge < -0.3 is 19.2 Å². The molecule has 1 atom stereocenters. The van der Waals surface area contributed by atoms with E-state index in [-0.39, 0.29) is 11.7 Å². The third kappa shape index (κ3) is 4.40. The lowest BCUT2D eigenvalue weighted by molar-refractivity contribution is -0.125. The number of aryl methyl sites for hydroxylation is 1. The molecule has 7 heteroatoms. The van der Waals surface area contributed by atoms with Crippen LogP contribution in [-0.4, -0.2) is 30.6 Å². The van der Waals surface area contributed by atoms with E-state index in [1.165, 1.54) is 0 Å². The molecular formula is C20H24N2O5. The van der Waals surface area contributed by atoms with Crippen molar-refractivity contribution >= 4 is 22.8 Å². The second-order valence-corrected chi connectivity index (χ2v) is 6.74. The molecule has 1 N–H and O–H groups in total. The van der Waals surface area contributed by atoms with E-state index in [0.29, 0.717) is 23.5 Å². The van der Waals surface area contributed by atoms with Crippen molar-refractivity contribution in [3.8, 4) is 11.8 Å². The SMILES string of the molecule is CCOc1ccc2oc(C(=O)OCC(=O)NC(C)(C#N)C(C)C)c(C)c2c1. The van der Waals surface area contributed by atoms with E-state index in [2.05, 4.69) is 11.4 Å². The van der Waals surface area contributed by atoms with Crippen molar-refractivity contribution in [3.05, 3.63) is 29.5 Å². The Morgan fingerprint density at radius 1 is 1.37 bits per heavy atom. The first-order valence-electron chi connectivity index (χ1n) is 8.77. The van der Waals surface area contributed by atoms with Crippen molar-refractivity contribution < 1.29 is 23.5 Å². The summed E-state index contributed by atoms with van der Waals surface area (Å²) >= 11 is 0. The van der Waals surface area contributed by atoms with Gasteiger partial charge in [-0.05, 0) is 44.9 Å². The Bertz CT molecular complexity index is 894. The van der Waals surface area contributed by atoms with Gasteiger partial charge in [-0.3, -0.25) is 4.79 Å². The minimum Gasteiger partial charge on any atom is -0.494 e. The van der Waals surface area contributed by atoms with Crippen LogP contribution in [0.15, 0.2) is 22.6 Å². The molecule has 27 heavy (non-hydrogen) atoms. The maximum atomic E-state index is 12.3. The lowest BCUT2D eigenvalue weighted by Crippen LogP contribution is -2.50. The summed E-state index contributed by atoms with van der Waals surface area (Å²) in [4.78, 5) is 24.4. The van der Waals surface area contributed by atoms with Gasteiger partial charge in [0.1, 0.15) is 16.9 Å². The molecule has 0 saturated heterocycles. The molecule has 1 unspecified atom stereocenters. The number of benzene rings is 1. The zero-order valence-electron chi connectivity index (χ0n) is 16.2. The Morgan fingerprint density at radius 3 is 2.67 bits per heavy atom. The molecule has 2 rings (SSSR count). The van der Waals surface area contributed by atoms with E-state index < -0.39 is 24.0 Å². The Balaban J connectivity index is 2.09. The average Bonchev–Trinajstić information content (AvgIpc) is 2.96. The van der Waals surface area contributed by atoms with Crippen LogP contribution in [0.3, 0.4) is 0 Å². The number of nitriles is 1. The molecule has 1 heterocycles. The molecule has 0 aliphatic carbocycles. The number of furan rings is 1. The van der Waals surface area contributed by atoms with Crippen LogP contribution in [0.1, 0.15) is 43.8 Å². The summed E-state index contributed by atoms with van der Waals surface area (Å²) in [5, 5.41) is 12.6. The molecular weight excluding hydrogens is 348 g/mol. The molecule has 0 spiro atoms. The highest BCUT2D eigenvalue weighted by Crippen LogP contribution is 2.29. The van der Waals surface area contributed by atoms with Crippen LogP contribution in [0.2, 0.25) is 0 Å². The molecule has 1 amide bonds. The number of nitrogens with one attached hydrogen (secondary N) is 1. The minimum absolute atomic E-state index is 0.0401. The highest BCUT2D eigenvalue weighted by molar-refractivity contribution is 5.97. The van der Waals surface area contributed by atoms with E-state index in [9.17, 15) is 14.9 Å². The first kappa shape index (κ1) is 20.3.